The third-order valence-corrected chi connectivity index (χ3v) is 17.2. The molecule has 0 aromatic heterocycles. The Kier molecular flexibility index (Phi) is 15.0. The summed E-state index contributed by atoms with van der Waals surface area (Å²) >= 11 is -2.14. The molecule has 0 saturated heterocycles. The number of nitrogens with zero attached hydrogens (tertiary/aromatic N) is 3. The van der Waals surface area contributed by atoms with Crippen molar-refractivity contribution in [2.45, 2.75) is 158 Å². The van der Waals surface area contributed by atoms with E-state index in [1.54, 1.807) is 0 Å². The first-order valence-corrected chi connectivity index (χ1v) is 15.7. The maximum atomic E-state index is 3.04. The quantitative estimate of drug-likeness (QED) is 0.230. The fourth-order valence-corrected chi connectivity index (χ4v) is 14.7. The Morgan fingerprint density at radius 2 is 0.536 bits per heavy atom. The molecule has 0 aromatic carbocycles. The molecule has 28 heavy (non-hydrogen) atoms. The van der Waals surface area contributed by atoms with Gasteiger partial charge >= 0.3 is 188 Å². The van der Waals surface area contributed by atoms with Gasteiger partial charge in [0.15, 0.2) is 0 Å². The predicted molar refractivity (Wildman–Crippen MR) is 130 cm³/mol. The number of hydrogen-bond donors (Lipinski definition) is 0. The molecule has 4 heteroatoms. The van der Waals surface area contributed by atoms with E-state index in [-0.39, 0.29) is 0 Å². The van der Waals surface area contributed by atoms with Crippen molar-refractivity contribution in [3.8, 4) is 0 Å². The number of rotatable bonds is 15. The molecule has 0 aliphatic carbocycles. The van der Waals surface area contributed by atoms with E-state index >= 15 is 0 Å². The SMILES string of the molecule is CCC(C)[N](C(C)CC)[Sb]([N](C(C)CC)C(C)CC)[N](C(C)CC)C(C)CC. The molecule has 0 radical (unpaired) electrons. The molecule has 3 nitrogen and oxygen atoms in total. The van der Waals surface area contributed by atoms with Crippen LogP contribution < -0.4 is 0 Å². The zero-order valence-corrected chi connectivity index (χ0v) is 24.0. The molecular weight excluding hydrogens is 452 g/mol. The molecule has 0 N–H and O–H groups in total. The van der Waals surface area contributed by atoms with E-state index in [1.165, 1.54) is 38.5 Å². The van der Waals surface area contributed by atoms with Crippen LogP contribution in [0, 0.1) is 0 Å². The molecule has 0 aliphatic heterocycles. The van der Waals surface area contributed by atoms with Crippen molar-refractivity contribution in [3.05, 3.63) is 0 Å². The third-order valence-electron chi connectivity index (χ3n) is 6.87. The monoisotopic (exact) mass is 505 g/mol. The molecule has 0 bridgehead atoms. The van der Waals surface area contributed by atoms with E-state index in [4.69, 9.17) is 0 Å². The van der Waals surface area contributed by atoms with E-state index in [0.717, 1.165) is 0 Å². The molecule has 0 aromatic rings. The van der Waals surface area contributed by atoms with Gasteiger partial charge in [0.25, 0.3) is 0 Å². The molecule has 0 rings (SSSR count). The second kappa shape index (κ2) is 14.7. The average Bonchev–Trinajstić information content (AvgIpc) is 2.72. The average molecular weight is 506 g/mol. The second-order valence-corrected chi connectivity index (χ2v) is 14.4. The van der Waals surface area contributed by atoms with Crippen LogP contribution in [0.5, 0.6) is 0 Å². The first-order valence-electron chi connectivity index (χ1n) is 12.3. The topological polar surface area (TPSA) is 9.72 Å². The molecule has 0 aliphatic rings. The third kappa shape index (κ3) is 7.43. The van der Waals surface area contributed by atoms with Crippen molar-refractivity contribution < 1.29 is 0 Å². The van der Waals surface area contributed by atoms with Crippen LogP contribution in [-0.2, 0) is 0 Å². The van der Waals surface area contributed by atoms with Gasteiger partial charge in [0.1, 0.15) is 0 Å². The van der Waals surface area contributed by atoms with Crippen molar-refractivity contribution in [1.82, 2.24) is 9.18 Å². The van der Waals surface area contributed by atoms with Crippen LogP contribution >= 0.6 is 0 Å². The minimum atomic E-state index is -2.14. The van der Waals surface area contributed by atoms with Gasteiger partial charge in [-0.1, -0.05) is 0 Å². The van der Waals surface area contributed by atoms with Crippen molar-refractivity contribution in [3.63, 3.8) is 0 Å². The van der Waals surface area contributed by atoms with Crippen molar-refractivity contribution >= 4 is 21.0 Å². The summed E-state index contributed by atoms with van der Waals surface area (Å²) in [5.74, 6) is 0. The van der Waals surface area contributed by atoms with Gasteiger partial charge in [-0.2, -0.15) is 0 Å². The fraction of sp³-hybridized carbons (Fsp3) is 1.00. The van der Waals surface area contributed by atoms with Gasteiger partial charge in [0, 0.05) is 0 Å². The summed E-state index contributed by atoms with van der Waals surface area (Å²) in [5, 5.41) is 0. The van der Waals surface area contributed by atoms with E-state index < -0.39 is 21.0 Å². The Morgan fingerprint density at radius 3 is 0.643 bits per heavy atom. The Hall–Kier alpha value is 0.698. The van der Waals surface area contributed by atoms with E-state index in [0.29, 0.717) is 36.3 Å². The Labute approximate surface area is 187 Å². The molecule has 0 saturated carbocycles. The first-order chi connectivity index (χ1) is 13.2. The van der Waals surface area contributed by atoms with Crippen molar-refractivity contribution in [2.24, 2.45) is 0 Å². The Morgan fingerprint density at radius 1 is 0.393 bits per heavy atom. The van der Waals surface area contributed by atoms with Crippen LogP contribution in [0.4, 0.5) is 0 Å². The summed E-state index contributed by atoms with van der Waals surface area (Å²) in [6, 6.07) is 3.94. The Balaban J connectivity index is 6.65. The summed E-state index contributed by atoms with van der Waals surface area (Å²) < 4.78 is 9.12. The molecule has 170 valence electrons. The molecule has 6 atom stereocenters. The van der Waals surface area contributed by atoms with Crippen LogP contribution in [0.25, 0.3) is 0 Å². The summed E-state index contributed by atoms with van der Waals surface area (Å²) in [5.41, 5.74) is 0. The first kappa shape index (κ1) is 28.7. The summed E-state index contributed by atoms with van der Waals surface area (Å²) in [6.07, 6.45) is 7.47. The summed E-state index contributed by atoms with van der Waals surface area (Å²) in [6.45, 7) is 29.2. The van der Waals surface area contributed by atoms with E-state index in [2.05, 4.69) is 92.3 Å². The summed E-state index contributed by atoms with van der Waals surface area (Å²) in [4.78, 5) is 0. The second-order valence-electron chi connectivity index (χ2n) is 8.95. The van der Waals surface area contributed by atoms with Gasteiger partial charge in [0.05, 0.1) is 0 Å². The summed E-state index contributed by atoms with van der Waals surface area (Å²) in [7, 11) is 0. The fourth-order valence-electron chi connectivity index (χ4n) is 3.84. The van der Waals surface area contributed by atoms with E-state index in [9.17, 15) is 0 Å². The van der Waals surface area contributed by atoms with Crippen LogP contribution in [0.1, 0.15) is 122 Å². The van der Waals surface area contributed by atoms with E-state index in [1.807, 2.05) is 0 Å². The predicted octanol–water partition coefficient (Wildman–Crippen LogP) is 6.67. The normalized spacial score (nSPS) is 19.3. The van der Waals surface area contributed by atoms with Crippen molar-refractivity contribution in [2.75, 3.05) is 0 Å². The van der Waals surface area contributed by atoms with Crippen molar-refractivity contribution in [1.29, 1.82) is 0 Å². The maximum absolute atomic E-state index is 3.04. The van der Waals surface area contributed by atoms with Gasteiger partial charge in [-0.3, -0.25) is 0 Å². The van der Waals surface area contributed by atoms with Crippen LogP contribution in [0.15, 0.2) is 0 Å². The van der Waals surface area contributed by atoms with Gasteiger partial charge in [-0.25, -0.2) is 0 Å². The Bertz CT molecular complexity index is 305. The van der Waals surface area contributed by atoms with Crippen LogP contribution in [0.2, 0.25) is 0 Å². The standard InChI is InChI=1S/3C8H18N.Sb/c3*1-5-7(3)9-8(4)6-2;/h3*7-8H,5-6H2,1-4H3;/q3*-1;+3. The molecule has 0 spiro atoms. The van der Waals surface area contributed by atoms with Gasteiger partial charge in [0.2, 0.25) is 0 Å². The molecule has 0 amide bonds. The van der Waals surface area contributed by atoms with Gasteiger partial charge < -0.3 is 0 Å². The molecule has 0 heterocycles. The molecule has 0 fully saturated rings. The van der Waals surface area contributed by atoms with Crippen LogP contribution in [0.3, 0.4) is 0 Å². The minimum absolute atomic E-state index is 0.657. The van der Waals surface area contributed by atoms with Gasteiger partial charge in [-0.15, -0.1) is 0 Å². The van der Waals surface area contributed by atoms with Gasteiger partial charge in [-0.05, 0) is 0 Å². The molecular formula is C24H54N3Sb. The zero-order chi connectivity index (χ0) is 22.0. The molecule has 6 unspecified atom stereocenters. The zero-order valence-electron chi connectivity index (χ0n) is 21.5. The number of hydrogen-bond acceptors (Lipinski definition) is 3. The van der Waals surface area contributed by atoms with Crippen LogP contribution in [-0.4, -0.2) is 66.5 Å².